The summed E-state index contributed by atoms with van der Waals surface area (Å²) in [6.45, 7) is 2.03. The van der Waals surface area contributed by atoms with Crippen LogP contribution in [0.2, 0.25) is 0 Å². The summed E-state index contributed by atoms with van der Waals surface area (Å²) < 4.78 is 0. The Kier molecular flexibility index (Phi) is 3.22. The molecule has 2 rings (SSSR count). The summed E-state index contributed by atoms with van der Waals surface area (Å²) >= 11 is 0. The van der Waals surface area contributed by atoms with Gasteiger partial charge in [-0.3, -0.25) is 5.43 Å². The summed E-state index contributed by atoms with van der Waals surface area (Å²) in [5.41, 5.74) is 4.51. The van der Waals surface area contributed by atoms with Crippen molar-refractivity contribution >= 4 is 22.2 Å². The summed E-state index contributed by atoms with van der Waals surface area (Å²) in [5.74, 6) is 0. The lowest BCUT2D eigenvalue weighted by Crippen LogP contribution is -1.97. The minimum atomic E-state index is -0.195. The Morgan fingerprint density at radius 1 is 1.06 bits per heavy atom. The molecule has 0 saturated heterocycles. The fraction of sp³-hybridized carbons (Fsp3) is 0.0714. The largest absolute Gasteiger partial charge is 0.276 e. The standard InChI is InChI=1S/C14H10N4/c1-10-6-7-14(18-17-11(8-15)9-16)13-5-3-2-4-12(10)13/h2-7,18H,1H3. The van der Waals surface area contributed by atoms with Crippen molar-refractivity contribution in [1.82, 2.24) is 0 Å². The second-order valence-corrected chi connectivity index (χ2v) is 3.77. The van der Waals surface area contributed by atoms with Gasteiger partial charge in [-0.2, -0.15) is 15.6 Å². The number of hydrogen-bond acceptors (Lipinski definition) is 4. The van der Waals surface area contributed by atoms with Gasteiger partial charge in [-0.1, -0.05) is 30.3 Å². The van der Waals surface area contributed by atoms with E-state index in [-0.39, 0.29) is 5.71 Å². The van der Waals surface area contributed by atoms with Crippen LogP contribution in [0, 0.1) is 29.6 Å². The van der Waals surface area contributed by atoms with Crippen molar-refractivity contribution in [3.8, 4) is 12.1 Å². The van der Waals surface area contributed by atoms with Crippen molar-refractivity contribution in [2.24, 2.45) is 5.10 Å². The first-order chi connectivity index (χ1) is 8.76. The van der Waals surface area contributed by atoms with Gasteiger partial charge in [0.25, 0.3) is 0 Å². The Balaban J connectivity index is 2.48. The van der Waals surface area contributed by atoms with E-state index in [9.17, 15) is 0 Å². The number of benzene rings is 2. The van der Waals surface area contributed by atoms with E-state index in [4.69, 9.17) is 10.5 Å². The molecule has 0 aliphatic rings. The topological polar surface area (TPSA) is 72.0 Å². The number of rotatable bonds is 2. The molecule has 0 aliphatic carbocycles. The first kappa shape index (κ1) is 11.6. The normalized spacial score (nSPS) is 9.28. The quantitative estimate of drug-likeness (QED) is 0.641. The second kappa shape index (κ2) is 4.99. The van der Waals surface area contributed by atoms with Crippen molar-refractivity contribution in [2.45, 2.75) is 6.92 Å². The van der Waals surface area contributed by atoms with Crippen molar-refractivity contribution in [1.29, 1.82) is 10.5 Å². The van der Waals surface area contributed by atoms with Crippen molar-refractivity contribution in [2.75, 3.05) is 5.43 Å². The number of nitriles is 2. The maximum absolute atomic E-state index is 8.62. The van der Waals surface area contributed by atoms with E-state index in [1.165, 1.54) is 5.56 Å². The number of hydrazone groups is 1. The van der Waals surface area contributed by atoms with Gasteiger partial charge in [0.2, 0.25) is 5.71 Å². The SMILES string of the molecule is Cc1ccc(NN=C(C#N)C#N)c2ccccc12. The number of fused-ring (bicyclic) bond motifs is 1. The Bertz CT molecular complexity index is 686. The third kappa shape index (κ3) is 2.14. The fourth-order valence-electron chi connectivity index (χ4n) is 1.74. The van der Waals surface area contributed by atoms with E-state index in [0.29, 0.717) is 0 Å². The lowest BCUT2D eigenvalue weighted by Gasteiger charge is -2.07. The maximum Gasteiger partial charge on any atom is 0.237 e. The van der Waals surface area contributed by atoms with Gasteiger partial charge < -0.3 is 0 Å². The molecule has 0 fully saturated rings. The molecule has 0 saturated carbocycles. The number of nitrogens with zero attached hydrogens (tertiary/aromatic N) is 3. The Morgan fingerprint density at radius 2 is 1.72 bits per heavy atom. The van der Waals surface area contributed by atoms with E-state index in [0.717, 1.165) is 16.5 Å². The Morgan fingerprint density at radius 3 is 2.39 bits per heavy atom. The zero-order valence-corrected chi connectivity index (χ0v) is 9.81. The van der Waals surface area contributed by atoms with Gasteiger partial charge in [-0.15, -0.1) is 0 Å². The van der Waals surface area contributed by atoms with Crippen LogP contribution in [-0.4, -0.2) is 5.71 Å². The molecule has 0 aromatic heterocycles. The molecular weight excluding hydrogens is 224 g/mol. The molecule has 0 aliphatic heterocycles. The predicted octanol–water partition coefficient (Wildman–Crippen LogP) is 2.96. The van der Waals surface area contributed by atoms with Crippen molar-refractivity contribution < 1.29 is 0 Å². The molecule has 18 heavy (non-hydrogen) atoms. The van der Waals surface area contributed by atoms with Gasteiger partial charge in [0, 0.05) is 5.39 Å². The third-order valence-electron chi connectivity index (χ3n) is 2.64. The molecule has 4 heteroatoms. The first-order valence-electron chi connectivity index (χ1n) is 5.38. The number of hydrogen-bond donors (Lipinski definition) is 1. The van der Waals surface area contributed by atoms with E-state index in [1.54, 1.807) is 12.1 Å². The van der Waals surface area contributed by atoms with Crippen molar-refractivity contribution in [3.05, 3.63) is 42.0 Å². The minimum Gasteiger partial charge on any atom is -0.276 e. The molecule has 4 nitrogen and oxygen atoms in total. The summed E-state index contributed by atoms with van der Waals surface area (Å²) in [4.78, 5) is 0. The van der Waals surface area contributed by atoms with Gasteiger partial charge in [0.05, 0.1) is 5.69 Å². The summed E-state index contributed by atoms with van der Waals surface area (Å²) in [6.07, 6.45) is 0. The Hall–Kier alpha value is -2.85. The Labute approximate surface area is 105 Å². The molecule has 0 bridgehead atoms. The average molecular weight is 234 g/mol. The highest BCUT2D eigenvalue weighted by Gasteiger charge is 2.02. The fourth-order valence-corrected chi connectivity index (χ4v) is 1.74. The van der Waals surface area contributed by atoms with Crippen LogP contribution in [0.15, 0.2) is 41.5 Å². The van der Waals surface area contributed by atoms with Gasteiger partial charge in [-0.25, -0.2) is 0 Å². The molecule has 0 amide bonds. The highest BCUT2D eigenvalue weighted by Crippen LogP contribution is 2.26. The van der Waals surface area contributed by atoms with Crippen LogP contribution in [0.4, 0.5) is 5.69 Å². The third-order valence-corrected chi connectivity index (χ3v) is 2.64. The lowest BCUT2D eigenvalue weighted by atomic mass is 10.0. The van der Waals surface area contributed by atoms with Crippen LogP contribution in [0.1, 0.15) is 5.56 Å². The number of anilines is 1. The first-order valence-corrected chi connectivity index (χ1v) is 5.38. The lowest BCUT2D eigenvalue weighted by molar-refractivity contribution is 1.34. The summed E-state index contributed by atoms with van der Waals surface area (Å²) in [5, 5.41) is 23.1. The molecule has 0 radical (unpaired) electrons. The molecule has 2 aromatic rings. The predicted molar refractivity (Wildman–Crippen MR) is 71.0 cm³/mol. The molecule has 2 aromatic carbocycles. The minimum absolute atomic E-state index is 0.195. The van der Waals surface area contributed by atoms with Gasteiger partial charge in [0.15, 0.2) is 0 Å². The van der Waals surface area contributed by atoms with Gasteiger partial charge in [0.1, 0.15) is 12.1 Å². The van der Waals surface area contributed by atoms with E-state index in [2.05, 4.69) is 10.5 Å². The molecule has 0 spiro atoms. The second-order valence-electron chi connectivity index (χ2n) is 3.77. The van der Waals surface area contributed by atoms with Crippen LogP contribution in [0.3, 0.4) is 0 Å². The highest BCUT2D eigenvalue weighted by atomic mass is 15.3. The zero-order valence-electron chi connectivity index (χ0n) is 9.81. The number of nitrogens with one attached hydrogen (secondary N) is 1. The molecular formula is C14H10N4. The van der Waals surface area contributed by atoms with Crippen LogP contribution >= 0.6 is 0 Å². The highest BCUT2D eigenvalue weighted by molar-refractivity contribution is 6.10. The zero-order chi connectivity index (χ0) is 13.0. The monoisotopic (exact) mass is 234 g/mol. The van der Waals surface area contributed by atoms with Crippen molar-refractivity contribution in [3.63, 3.8) is 0 Å². The molecule has 1 N–H and O–H groups in total. The van der Waals surface area contributed by atoms with Crippen LogP contribution in [-0.2, 0) is 0 Å². The number of aryl methyl sites for hydroxylation is 1. The van der Waals surface area contributed by atoms with E-state index >= 15 is 0 Å². The van der Waals surface area contributed by atoms with Crippen LogP contribution in [0.25, 0.3) is 10.8 Å². The van der Waals surface area contributed by atoms with Crippen LogP contribution < -0.4 is 5.43 Å². The summed E-state index contributed by atoms with van der Waals surface area (Å²) in [7, 11) is 0. The van der Waals surface area contributed by atoms with E-state index < -0.39 is 0 Å². The molecule has 86 valence electrons. The maximum atomic E-state index is 8.62. The van der Waals surface area contributed by atoms with Crippen LogP contribution in [0.5, 0.6) is 0 Å². The smallest absolute Gasteiger partial charge is 0.237 e. The molecule has 0 heterocycles. The van der Waals surface area contributed by atoms with Gasteiger partial charge >= 0.3 is 0 Å². The molecule has 0 atom stereocenters. The average Bonchev–Trinajstić information content (AvgIpc) is 2.42. The summed E-state index contributed by atoms with van der Waals surface area (Å²) in [6, 6.07) is 15.2. The van der Waals surface area contributed by atoms with E-state index in [1.807, 2.05) is 43.3 Å². The molecule has 0 unspecified atom stereocenters. The van der Waals surface area contributed by atoms with Gasteiger partial charge in [-0.05, 0) is 23.9 Å².